The molecule has 0 aliphatic heterocycles. The predicted octanol–water partition coefficient (Wildman–Crippen LogP) is 4.40. The van der Waals surface area contributed by atoms with Crippen molar-refractivity contribution in [3.63, 3.8) is 0 Å². The maximum Gasteiger partial charge on any atom is 0.180 e. The van der Waals surface area contributed by atoms with Gasteiger partial charge in [-0.15, -0.1) is 0 Å². The molecule has 148 valence electrons. The zero-order valence-electron chi connectivity index (χ0n) is 16.5. The van der Waals surface area contributed by atoms with Crippen LogP contribution in [-0.4, -0.2) is 33.4 Å². The SMILES string of the molecule is CN(C)c1cc(-c2c(-c3cccc(F)c3)nc(N)c3nccn23)cc2cccnc12. The largest absolute Gasteiger partial charge is 0.381 e. The van der Waals surface area contributed by atoms with E-state index in [9.17, 15) is 4.39 Å². The van der Waals surface area contributed by atoms with Gasteiger partial charge in [-0.05, 0) is 30.3 Å². The molecule has 0 amide bonds. The van der Waals surface area contributed by atoms with Crippen LogP contribution in [0.25, 0.3) is 39.1 Å². The van der Waals surface area contributed by atoms with Gasteiger partial charge in [-0.3, -0.25) is 9.38 Å². The van der Waals surface area contributed by atoms with Crippen LogP contribution in [0.2, 0.25) is 0 Å². The van der Waals surface area contributed by atoms with E-state index in [0.717, 1.165) is 27.8 Å². The van der Waals surface area contributed by atoms with Crippen LogP contribution in [0.4, 0.5) is 15.9 Å². The van der Waals surface area contributed by atoms with Crippen molar-refractivity contribution in [1.29, 1.82) is 0 Å². The molecule has 7 heteroatoms. The average molecular weight is 398 g/mol. The first-order valence-corrected chi connectivity index (χ1v) is 9.48. The molecule has 0 radical (unpaired) electrons. The molecular formula is C23H19FN6. The van der Waals surface area contributed by atoms with Crippen molar-refractivity contribution in [3.8, 4) is 22.5 Å². The van der Waals surface area contributed by atoms with E-state index in [1.54, 1.807) is 18.5 Å². The smallest absolute Gasteiger partial charge is 0.180 e. The van der Waals surface area contributed by atoms with Crippen molar-refractivity contribution >= 4 is 28.1 Å². The molecule has 2 N–H and O–H groups in total. The Kier molecular flexibility index (Phi) is 4.10. The van der Waals surface area contributed by atoms with Crippen LogP contribution in [0.1, 0.15) is 0 Å². The molecule has 0 atom stereocenters. The number of hydrogen-bond acceptors (Lipinski definition) is 5. The summed E-state index contributed by atoms with van der Waals surface area (Å²) in [5.74, 6) is -0.0421. The van der Waals surface area contributed by atoms with Crippen molar-refractivity contribution < 1.29 is 4.39 Å². The van der Waals surface area contributed by atoms with Gasteiger partial charge in [-0.1, -0.05) is 18.2 Å². The summed E-state index contributed by atoms with van der Waals surface area (Å²) in [6, 6.07) is 14.4. The van der Waals surface area contributed by atoms with Crippen LogP contribution in [0.15, 0.2) is 67.1 Å². The molecule has 0 aliphatic rings. The molecule has 0 bridgehead atoms. The molecule has 0 spiro atoms. The van der Waals surface area contributed by atoms with Crippen LogP contribution in [0, 0.1) is 5.82 Å². The Balaban J connectivity index is 1.90. The summed E-state index contributed by atoms with van der Waals surface area (Å²) in [6.07, 6.45) is 5.31. The molecule has 0 saturated carbocycles. The zero-order valence-corrected chi connectivity index (χ0v) is 16.5. The van der Waals surface area contributed by atoms with Crippen LogP contribution < -0.4 is 10.6 Å². The molecule has 3 aromatic heterocycles. The highest BCUT2D eigenvalue weighted by Crippen LogP contribution is 2.37. The van der Waals surface area contributed by atoms with Gasteiger partial charge in [-0.25, -0.2) is 14.4 Å². The summed E-state index contributed by atoms with van der Waals surface area (Å²) in [4.78, 5) is 15.5. The summed E-state index contributed by atoms with van der Waals surface area (Å²) in [6.45, 7) is 0. The number of nitrogens with zero attached hydrogens (tertiary/aromatic N) is 5. The molecule has 0 unspecified atom stereocenters. The molecule has 30 heavy (non-hydrogen) atoms. The number of hydrogen-bond donors (Lipinski definition) is 1. The van der Waals surface area contributed by atoms with Gasteiger partial charge < -0.3 is 10.6 Å². The lowest BCUT2D eigenvalue weighted by atomic mass is 10.0. The Morgan fingerprint density at radius 3 is 2.63 bits per heavy atom. The van der Waals surface area contributed by atoms with E-state index in [1.165, 1.54) is 12.1 Å². The van der Waals surface area contributed by atoms with Crippen molar-refractivity contribution in [1.82, 2.24) is 19.4 Å². The lowest BCUT2D eigenvalue weighted by Gasteiger charge is -2.19. The number of halogens is 1. The molecule has 3 heterocycles. The number of nitrogen functional groups attached to an aromatic ring is 1. The number of benzene rings is 2. The second-order valence-electron chi connectivity index (χ2n) is 7.29. The number of fused-ring (bicyclic) bond motifs is 2. The molecule has 0 fully saturated rings. The van der Waals surface area contributed by atoms with E-state index in [4.69, 9.17) is 5.73 Å². The number of pyridine rings is 1. The minimum absolute atomic E-state index is 0.290. The Morgan fingerprint density at radius 2 is 1.83 bits per heavy atom. The summed E-state index contributed by atoms with van der Waals surface area (Å²) in [5, 5.41) is 0.994. The fraction of sp³-hybridized carbons (Fsp3) is 0.0870. The Morgan fingerprint density at radius 1 is 0.967 bits per heavy atom. The molecule has 5 rings (SSSR count). The van der Waals surface area contributed by atoms with Crippen molar-refractivity contribution in [2.24, 2.45) is 0 Å². The standard InChI is InChI=1S/C23H19FN6/c1-29(2)18-13-16(11-14-6-4-8-26-19(14)18)21-20(15-5-3-7-17(24)12-15)28-22(25)23-27-9-10-30(21)23/h3-13H,1-2H3,(H2,25,28). The second kappa shape index (κ2) is 6.81. The molecular weight excluding hydrogens is 379 g/mol. The third-order valence-corrected chi connectivity index (χ3v) is 5.11. The topological polar surface area (TPSA) is 72.3 Å². The highest BCUT2D eigenvalue weighted by molar-refractivity contribution is 5.97. The van der Waals surface area contributed by atoms with Gasteiger partial charge in [0.05, 0.1) is 22.6 Å². The van der Waals surface area contributed by atoms with Crippen molar-refractivity contribution in [3.05, 3.63) is 72.9 Å². The Labute approximate surface area is 172 Å². The van der Waals surface area contributed by atoms with E-state index in [0.29, 0.717) is 22.7 Å². The molecule has 5 aromatic rings. The maximum absolute atomic E-state index is 14.0. The third kappa shape index (κ3) is 2.83. The first-order chi connectivity index (χ1) is 14.5. The number of imidazole rings is 1. The fourth-order valence-corrected chi connectivity index (χ4v) is 3.77. The van der Waals surface area contributed by atoms with Gasteiger partial charge in [-0.2, -0.15) is 0 Å². The average Bonchev–Trinajstić information content (AvgIpc) is 3.23. The van der Waals surface area contributed by atoms with Crippen molar-refractivity contribution in [2.45, 2.75) is 0 Å². The number of rotatable bonds is 3. The molecule has 0 saturated heterocycles. The lowest BCUT2D eigenvalue weighted by Crippen LogP contribution is -2.10. The van der Waals surface area contributed by atoms with E-state index >= 15 is 0 Å². The highest BCUT2D eigenvalue weighted by atomic mass is 19.1. The van der Waals surface area contributed by atoms with Gasteiger partial charge in [0.2, 0.25) is 0 Å². The van der Waals surface area contributed by atoms with Gasteiger partial charge >= 0.3 is 0 Å². The fourth-order valence-electron chi connectivity index (χ4n) is 3.77. The Hall–Kier alpha value is -4.00. The second-order valence-corrected chi connectivity index (χ2v) is 7.29. The van der Waals surface area contributed by atoms with Crippen LogP contribution >= 0.6 is 0 Å². The summed E-state index contributed by atoms with van der Waals surface area (Å²) in [5.41, 5.74) is 11.6. The first kappa shape index (κ1) is 18.1. The predicted molar refractivity (Wildman–Crippen MR) is 118 cm³/mol. The third-order valence-electron chi connectivity index (χ3n) is 5.11. The van der Waals surface area contributed by atoms with Crippen molar-refractivity contribution in [2.75, 3.05) is 24.7 Å². The summed E-state index contributed by atoms with van der Waals surface area (Å²) >= 11 is 0. The number of anilines is 2. The molecule has 6 nitrogen and oxygen atoms in total. The molecule has 2 aromatic carbocycles. The normalized spacial score (nSPS) is 11.3. The van der Waals surface area contributed by atoms with E-state index in [2.05, 4.69) is 27.1 Å². The minimum atomic E-state index is -0.332. The van der Waals surface area contributed by atoms with E-state index < -0.39 is 0 Å². The quantitative estimate of drug-likeness (QED) is 0.488. The van der Waals surface area contributed by atoms with Gasteiger partial charge in [0, 0.05) is 49.2 Å². The highest BCUT2D eigenvalue weighted by Gasteiger charge is 2.19. The monoisotopic (exact) mass is 398 g/mol. The number of aromatic nitrogens is 4. The summed E-state index contributed by atoms with van der Waals surface area (Å²) in [7, 11) is 3.96. The zero-order chi connectivity index (χ0) is 20.8. The van der Waals surface area contributed by atoms with Crippen LogP contribution in [0.5, 0.6) is 0 Å². The van der Waals surface area contributed by atoms with Crippen LogP contribution in [0.3, 0.4) is 0 Å². The van der Waals surface area contributed by atoms with E-state index in [-0.39, 0.29) is 5.82 Å². The van der Waals surface area contributed by atoms with Crippen LogP contribution in [-0.2, 0) is 0 Å². The maximum atomic E-state index is 14.0. The van der Waals surface area contributed by atoms with E-state index in [1.807, 2.05) is 47.8 Å². The van der Waals surface area contributed by atoms with Gasteiger partial charge in [0.25, 0.3) is 0 Å². The van der Waals surface area contributed by atoms with Gasteiger partial charge in [0.1, 0.15) is 5.82 Å². The van der Waals surface area contributed by atoms with Gasteiger partial charge in [0.15, 0.2) is 11.5 Å². The lowest BCUT2D eigenvalue weighted by molar-refractivity contribution is 0.628. The summed E-state index contributed by atoms with van der Waals surface area (Å²) < 4.78 is 15.9. The Bertz CT molecular complexity index is 1410. The minimum Gasteiger partial charge on any atom is -0.381 e. The number of nitrogens with two attached hydrogens (primary N) is 1. The first-order valence-electron chi connectivity index (χ1n) is 9.48. The molecule has 0 aliphatic carbocycles.